The Kier molecular flexibility index (Phi) is 3.44. The molecule has 82 valence electrons. The van der Waals surface area contributed by atoms with Crippen molar-refractivity contribution >= 4 is 34.8 Å². The van der Waals surface area contributed by atoms with E-state index < -0.39 is 0 Å². The largest absolute Gasteiger partial charge is 0.0840 e. The van der Waals surface area contributed by atoms with Crippen molar-refractivity contribution in [1.82, 2.24) is 0 Å². The SMILES string of the molecule is Cc1ccc(-c2c(Cl)cccc2Cl)cc1Cl. The first kappa shape index (κ1) is 11.8. The lowest BCUT2D eigenvalue weighted by atomic mass is 10.0. The minimum atomic E-state index is 0.632. The molecule has 0 heterocycles. The zero-order valence-corrected chi connectivity index (χ0v) is 10.9. The molecule has 2 rings (SSSR count). The van der Waals surface area contributed by atoms with Gasteiger partial charge in [0.1, 0.15) is 0 Å². The number of rotatable bonds is 1. The van der Waals surface area contributed by atoms with Gasteiger partial charge in [-0.15, -0.1) is 0 Å². The van der Waals surface area contributed by atoms with Crippen LogP contribution >= 0.6 is 34.8 Å². The molecule has 0 radical (unpaired) electrons. The maximum Gasteiger partial charge on any atom is 0.0499 e. The third-order valence-electron chi connectivity index (χ3n) is 2.42. The maximum absolute atomic E-state index is 6.13. The molecule has 0 unspecified atom stereocenters. The molecule has 0 atom stereocenters. The highest BCUT2D eigenvalue weighted by Gasteiger charge is 2.08. The van der Waals surface area contributed by atoms with Crippen LogP contribution in [-0.4, -0.2) is 0 Å². The fourth-order valence-electron chi connectivity index (χ4n) is 1.52. The van der Waals surface area contributed by atoms with Crippen LogP contribution in [-0.2, 0) is 0 Å². The summed E-state index contributed by atoms with van der Waals surface area (Å²) in [6.07, 6.45) is 0. The summed E-state index contributed by atoms with van der Waals surface area (Å²) in [6.45, 7) is 1.96. The van der Waals surface area contributed by atoms with Crippen LogP contribution in [0.4, 0.5) is 0 Å². The summed E-state index contributed by atoms with van der Waals surface area (Å²) in [5.74, 6) is 0. The van der Waals surface area contributed by atoms with Gasteiger partial charge in [0.25, 0.3) is 0 Å². The zero-order chi connectivity index (χ0) is 11.7. The standard InChI is InChI=1S/C13H9Cl3/c1-8-5-6-9(7-12(8)16)13-10(14)3-2-4-11(13)15/h2-7H,1H3. The Bertz CT molecular complexity index is 512. The van der Waals surface area contributed by atoms with E-state index in [1.54, 1.807) is 0 Å². The highest BCUT2D eigenvalue weighted by atomic mass is 35.5. The van der Waals surface area contributed by atoms with Gasteiger partial charge in [0.15, 0.2) is 0 Å². The lowest BCUT2D eigenvalue weighted by molar-refractivity contribution is 1.47. The van der Waals surface area contributed by atoms with E-state index in [9.17, 15) is 0 Å². The molecule has 0 N–H and O–H groups in total. The van der Waals surface area contributed by atoms with Gasteiger partial charge < -0.3 is 0 Å². The molecule has 0 aliphatic heterocycles. The van der Waals surface area contributed by atoms with E-state index in [1.807, 2.05) is 43.3 Å². The Balaban J connectivity index is 2.63. The smallest absolute Gasteiger partial charge is 0.0499 e. The Hall–Kier alpha value is -0.690. The molecule has 0 amide bonds. The van der Waals surface area contributed by atoms with Gasteiger partial charge in [-0.25, -0.2) is 0 Å². The number of aryl methyl sites for hydroxylation is 1. The predicted molar refractivity (Wildman–Crippen MR) is 71.6 cm³/mol. The topological polar surface area (TPSA) is 0 Å². The molecule has 0 fully saturated rings. The normalized spacial score (nSPS) is 10.5. The Morgan fingerprint density at radius 1 is 0.812 bits per heavy atom. The first-order chi connectivity index (χ1) is 7.59. The van der Waals surface area contributed by atoms with E-state index in [1.165, 1.54) is 0 Å². The van der Waals surface area contributed by atoms with Gasteiger partial charge in [-0.1, -0.05) is 53.0 Å². The number of halogens is 3. The Morgan fingerprint density at radius 3 is 2.00 bits per heavy atom. The Labute approximate surface area is 110 Å². The third kappa shape index (κ3) is 2.20. The minimum absolute atomic E-state index is 0.632. The molecule has 0 saturated heterocycles. The maximum atomic E-state index is 6.13. The fourth-order valence-corrected chi connectivity index (χ4v) is 2.32. The van der Waals surface area contributed by atoms with Crippen molar-refractivity contribution in [2.45, 2.75) is 6.92 Å². The molecule has 2 aromatic carbocycles. The molecule has 0 spiro atoms. The van der Waals surface area contributed by atoms with Crippen molar-refractivity contribution in [2.75, 3.05) is 0 Å². The lowest BCUT2D eigenvalue weighted by Gasteiger charge is -2.08. The predicted octanol–water partition coefficient (Wildman–Crippen LogP) is 5.62. The molecule has 0 aliphatic rings. The van der Waals surface area contributed by atoms with Gasteiger partial charge in [0.05, 0.1) is 0 Å². The quantitative estimate of drug-likeness (QED) is 0.631. The molecule has 0 aliphatic carbocycles. The van der Waals surface area contributed by atoms with Crippen LogP contribution in [0.2, 0.25) is 15.1 Å². The van der Waals surface area contributed by atoms with Crippen molar-refractivity contribution < 1.29 is 0 Å². The van der Waals surface area contributed by atoms with Crippen LogP contribution in [0.3, 0.4) is 0 Å². The molecule has 3 heteroatoms. The number of hydrogen-bond acceptors (Lipinski definition) is 0. The fraction of sp³-hybridized carbons (Fsp3) is 0.0769. The molecule has 0 saturated carbocycles. The van der Waals surface area contributed by atoms with E-state index >= 15 is 0 Å². The lowest BCUT2D eigenvalue weighted by Crippen LogP contribution is -1.83. The van der Waals surface area contributed by atoms with E-state index in [-0.39, 0.29) is 0 Å². The van der Waals surface area contributed by atoms with Gasteiger partial charge in [-0.05, 0) is 36.2 Å². The molecule has 16 heavy (non-hydrogen) atoms. The summed E-state index contributed by atoms with van der Waals surface area (Å²) >= 11 is 18.3. The summed E-state index contributed by atoms with van der Waals surface area (Å²) in [7, 11) is 0. The van der Waals surface area contributed by atoms with Crippen LogP contribution in [0.25, 0.3) is 11.1 Å². The van der Waals surface area contributed by atoms with Crippen molar-refractivity contribution in [1.29, 1.82) is 0 Å². The van der Waals surface area contributed by atoms with E-state index in [0.29, 0.717) is 15.1 Å². The first-order valence-corrected chi connectivity index (χ1v) is 5.93. The zero-order valence-electron chi connectivity index (χ0n) is 8.60. The second-order valence-electron chi connectivity index (χ2n) is 3.56. The van der Waals surface area contributed by atoms with Gasteiger partial charge in [-0.2, -0.15) is 0 Å². The second kappa shape index (κ2) is 4.67. The summed E-state index contributed by atoms with van der Waals surface area (Å²) in [5, 5.41) is 1.98. The summed E-state index contributed by atoms with van der Waals surface area (Å²) in [5.41, 5.74) is 2.80. The van der Waals surface area contributed by atoms with Crippen LogP contribution in [0, 0.1) is 6.92 Å². The minimum Gasteiger partial charge on any atom is -0.0840 e. The van der Waals surface area contributed by atoms with E-state index in [0.717, 1.165) is 16.7 Å². The van der Waals surface area contributed by atoms with Gasteiger partial charge in [-0.3, -0.25) is 0 Å². The number of hydrogen-bond donors (Lipinski definition) is 0. The monoisotopic (exact) mass is 270 g/mol. The average molecular weight is 272 g/mol. The van der Waals surface area contributed by atoms with Crippen LogP contribution in [0.15, 0.2) is 36.4 Å². The average Bonchev–Trinajstić information content (AvgIpc) is 2.23. The molecule has 0 nitrogen and oxygen atoms in total. The van der Waals surface area contributed by atoms with E-state index in [4.69, 9.17) is 34.8 Å². The van der Waals surface area contributed by atoms with Crippen LogP contribution in [0.5, 0.6) is 0 Å². The van der Waals surface area contributed by atoms with E-state index in [2.05, 4.69) is 0 Å². The summed E-state index contributed by atoms with van der Waals surface area (Å²) in [4.78, 5) is 0. The summed E-state index contributed by atoms with van der Waals surface area (Å²) < 4.78 is 0. The molecular formula is C13H9Cl3. The van der Waals surface area contributed by atoms with Gasteiger partial charge in [0.2, 0.25) is 0 Å². The second-order valence-corrected chi connectivity index (χ2v) is 4.78. The van der Waals surface area contributed by atoms with Gasteiger partial charge >= 0.3 is 0 Å². The Morgan fingerprint density at radius 2 is 1.44 bits per heavy atom. The van der Waals surface area contributed by atoms with Crippen molar-refractivity contribution in [2.24, 2.45) is 0 Å². The number of benzene rings is 2. The van der Waals surface area contributed by atoms with Crippen LogP contribution < -0.4 is 0 Å². The molecule has 0 bridgehead atoms. The van der Waals surface area contributed by atoms with Crippen LogP contribution in [0.1, 0.15) is 5.56 Å². The molecule has 2 aromatic rings. The van der Waals surface area contributed by atoms with Gasteiger partial charge in [0, 0.05) is 20.6 Å². The van der Waals surface area contributed by atoms with Crippen molar-refractivity contribution in [3.8, 4) is 11.1 Å². The van der Waals surface area contributed by atoms with Crippen molar-refractivity contribution in [3.05, 3.63) is 57.0 Å². The highest BCUT2D eigenvalue weighted by molar-refractivity contribution is 6.39. The first-order valence-electron chi connectivity index (χ1n) is 4.80. The third-order valence-corrected chi connectivity index (χ3v) is 3.46. The molecule has 0 aromatic heterocycles. The van der Waals surface area contributed by atoms with Crippen molar-refractivity contribution in [3.63, 3.8) is 0 Å². The highest BCUT2D eigenvalue weighted by Crippen LogP contribution is 2.36. The summed E-state index contributed by atoms with van der Waals surface area (Å²) in [6, 6.07) is 11.3. The molecular weight excluding hydrogens is 263 g/mol.